The van der Waals surface area contributed by atoms with Gasteiger partial charge in [-0.05, 0) is 27.6 Å². The molecule has 0 saturated carbocycles. The van der Waals surface area contributed by atoms with E-state index in [1.165, 1.54) is 0 Å². The predicted octanol–water partition coefficient (Wildman–Crippen LogP) is 6.70. The molecule has 0 fully saturated rings. The molecule has 4 aromatic carbocycles. The first-order chi connectivity index (χ1) is 13.6. The van der Waals surface area contributed by atoms with E-state index in [1.54, 1.807) is 7.11 Å². The van der Waals surface area contributed by atoms with Crippen LogP contribution < -0.4 is 10.0 Å². The Morgan fingerprint density at radius 1 is 0.714 bits per heavy atom. The molecule has 0 N–H and O–H groups in total. The van der Waals surface area contributed by atoms with Gasteiger partial charge >= 0.3 is 0 Å². The lowest BCUT2D eigenvalue weighted by molar-refractivity contribution is 0.417. The van der Waals surface area contributed by atoms with E-state index in [0.717, 1.165) is 43.7 Å². The van der Waals surface area contributed by atoms with E-state index in [4.69, 9.17) is 4.74 Å². The third kappa shape index (κ3) is 2.93. The number of methoxy groups -OCH3 is 1. The van der Waals surface area contributed by atoms with E-state index >= 15 is 0 Å². The molecule has 0 aliphatic carbocycles. The van der Waals surface area contributed by atoms with Crippen molar-refractivity contribution in [1.82, 2.24) is 0 Å². The van der Waals surface area contributed by atoms with Crippen LogP contribution in [-0.4, -0.2) is 19.4 Å². The fourth-order valence-electron chi connectivity index (χ4n) is 4.11. The van der Waals surface area contributed by atoms with Gasteiger partial charge in [-0.3, -0.25) is 0 Å². The summed E-state index contributed by atoms with van der Waals surface area (Å²) in [5.74, 6) is 0.815. The molecule has 3 heteroatoms. The summed E-state index contributed by atoms with van der Waals surface area (Å²) in [5.41, 5.74) is 2.09. The number of benzene rings is 4. The maximum Gasteiger partial charge on any atom is 0.127 e. The van der Waals surface area contributed by atoms with Crippen LogP contribution in [0.25, 0.3) is 32.7 Å². The Morgan fingerprint density at radius 2 is 1.25 bits per heavy atom. The van der Waals surface area contributed by atoms with E-state index in [0.29, 0.717) is 12.3 Å². The molecule has 0 amide bonds. The molecule has 0 saturated heterocycles. The molecule has 4 aromatic rings. The monoisotopic (exact) mass is 388 g/mol. The highest BCUT2D eigenvalue weighted by Gasteiger charge is 2.27. The van der Waals surface area contributed by atoms with Gasteiger partial charge in [-0.25, -0.2) is 0 Å². The zero-order valence-corrected chi connectivity index (χ0v) is 17.5. The van der Waals surface area contributed by atoms with Gasteiger partial charge in [0.2, 0.25) is 0 Å². The van der Waals surface area contributed by atoms with Crippen LogP contribution in [0.3, 0.4) is 0 Å². The van der Waals surface area contributed by atoms with Gasteiger partial charge in [0.1, 0.15) is 12.9 Å². The normalized spacial score (nSPS) is 11.8. The molecule has 0 heterocycles. The lowest BCUT2D eigenvalue weighted by Gasteiger charge is -2.23. The van der Waals surface area contributed by atoms with E-state index in [-0.39, 0.29) is 0 Å². The minimum absolute atomic E-state index is 0.655. The zero-order valence-electron chi connectivity index (χ0n) is 16.6. The summed E-state index contributed by atoms with van der Waals surface area (Å²) in [6, 6.07) is 25.0. The van der Waals surface area contributed by atoms with E-state index in [1.807, 2.05) is 32.0 Å². The van der Waals surface area contributed by atoms with E-state index in [2.05, 4.69) is 54.6 Å². The predicted molar refractivity (Wildman–Crippen MR) is 122 cm³/mol. The van der Waals surface area contributed by atoms with Crippen molar-refractivity contribution in [3.05, 3.63) is 72.8 Å². The molecule has 0 spiro atoms. The summed E-state index contributed by atoms with van der Waals surface area (Å²) in [7, 11) is -0.799. The average Bonchev–Trinajstić information content (AvgIpc) is 2.77. The molecule has 0 bridgehead atoms. The lowest BCUT2D eigenvalue weighted by Crippen LogP contribution is -2.13. The van der Waals surface area contributed by atoms with Crippen molar-refractivity contribution in [2.24, 2.45) is 0 Å². The first kappa shape index (κ1) is 18.8. The van der Waals surface area contributed by atoms with Gasteiger partial charge < -0.3 is 9.30 Å². The van der Waals surface area contributed by atoms with Gasteiger partial charge in [-0.1, -0.05) is 80.6 Å². The van der Waals surface area contributed by atoms with E-state index in [9.17, 15) is 4.57 Å². The molecule has 4 rings (SSSR count). The van der Waals surface area contributed by atoms with Crippen molar-refractivity contribution in [3.8, 4) is 16.9 Å². The molecule has 2 nitrogen and oxygen atoms in total. The van der Waals surface area contributed by atoms with Crippen LogP contribution >= 0.6 is 7.14 Å². The number of ether oxygens (including phenoxy) is 1. The van der Waals surface area contributed by atoms with Crippen LogP contribution in [0.4, 0.5) is 0 Å². The molecule has 0 radical (unpaired) electrons. The van der Waals surface area contributed by atoms with Crippen LogP contribution in [-0.2, 0) is 4.57 Å². The summed E-state index contributed by atoms with van der Waals surface area (Å²) in [6.07, 6.45) is 1.31. The average molecular weight is 388 g/mol. The zero-order chi connectivity index (χ0) is 19.7. The van der Waals surface area contributed by atoms with Gasteiger partial charge in [0.05, 0.1) is 7.11 Å². The maximum atomic E-state index is 13.9. The fraction of sp³-hybridized carbons (Fsp3) is 0.200. The topological polar surface area (TPSA) is 26.3 Å². The highest BCUT2D eigenvalue weighted by atomic mass is 31.2. The van der Waals surface area contributed by atoms with Crippen LogP contribution in [0.5, 0.6) is 5.75 Å². The summed E-state index contributed by atoms with van der Waals surface area (Å²) in [4.78, 5) is 0. The van der Waals surface area contributed by atoms with Gasteiger partial charge in [-0.15, -0.1) is 0 Å². The molecule has 0 aliphatic heterocycles. The molecule has 0 aliphatic rings. The molecular formula is C25H25O2P. The van der Waals surface area contributed by atoms with Crippen molar-refractivity contribution < 1.29 is 9.30 Å². The quantitative estimate of drug-likeness (QED) is 0.356. The van der Waals surface area contributed by atoms with Gasteiger partial charge in [0.25, 0.3) is 0 Å². The minimum atomic E-state index is -2.50. The number of rotatable bonds is 5. The maximum absolute atomic E-state index is 13.9. The van der Waals surface area contributed by atoms with Crippen molar-refractivity contribution in [2.75, 3.05) is 19.4 Å². The van der Waals surface area contributed by atoms with Gasteiger partial charge in [0, 0.05) is 28.8 Å². The molecule has 0 aromatic heterocycles. The van der Waals surface area contributed by atoms with Crippen LogP contribution in [0.2, 0.25) is 0 Å². The lowest BCUT2D eigenvalue weighted by atomic mass is 9.93. The summed E-state index contributed by atoms with van der Waals surface area (Å²) in [5, 5.41) is 5.51. The van der Waals surface area contributed by atoms with Crippen molar-refractivity contribution in [2.45, 2.75) is 13.8 Å². The molecule has 142 valence electrons. The second-order valence-electron chi connectivity index (χ2n) is 7.07. The van der Waals surface area contributed by atoms with Crippen LogP contribution in [0.1, 0.15) is 13.8 Å². The summed E-state index contributed by atoms with van der Waals surface area (Å²) < 4.78 is 19.7. The molecule has 0 unspecified atom stereocenters. The molecule has 0 atom stereocenters. The van der Waals surface area contributed by atoms with Gasteiger partial charge in [-0.2, -0.15) is 0 Å². The van der Waals surface area contributed by atoms with Crippen molar-refractivity contribution in [1.29, 1.82) is 0 Å². The highest BCUT2D eigenvalue weighted by Crippen LogP contribution is 2.50. The smallest absolute Gasteiger partial charge is 0.127 e. The molecule has 28 heavy (non-hydrogen) atoms. The molecular weight excluding hydrogens is 363 g/mol. The van der Waals surface area contributed by atoms with Crippen LogP contribution in [0.15, 0.2) is 72.8 Å². The van der Waals surface area contributed by atoms with Crippen molar-refractivity contribution in [3.63, 3.8) is 0 Å². The Bertz CT molecular complexity index is 1200. The number of fused-ring (bicyclic) bond motifs is 2. The Balaban J connectivity index is 2.24. The van der Waals surface area contributed by atoms with Crippen LogP contribution in [0, 0.1) is 0 Å². The highest BCUT2D eigenvalue weighted by molar-refractivity contribution is 7.71. The standard InChI is InChI=1S/C25H25O2P/c1-4-28(26,5-2)23-17-15-19-11-7-9-13-21(19)25(23)24-20-12-8-6-10-18(20)14-16-22(24)27-3/h6-17H,4-5H2,1-3H3. The Labute approximate surface area is 166 Å². The van der Waals surface area contributed by atoms with Crippen molar-refractivity contribution >= 4 is 34.0 Å². The summed E-state index contributed by atoms with van der Waals surface area (Å²) in [6.45, 7) is 4.06. The van der Waals surface area contributed by atoms with E-state index < -0.39 is 7.14 Å². The Kier molecular flexibility index (Phi) is 5.00. The minimum Gasteiger partial charge on any atom is -0.496 e. The SMILES string of the molecule is CCP(=O)(CC)c1ccc2ccccc2c1-c1c(OC)ccc2ccccc12. The first-order valence-corrected chi connectivity index (χ1v) is 11.9. The number of hydrogen-bond donors (Lipinski definition) is 0. The number of hydrogen-bond acceptors (Lipinski definition) is 2. The Morgan fingerprint density at radius 3 is 1.82 bits per heavy atom. The third-order valence-electron chi connectivity index (χ3n) is 5.73. The largest absolute Gasteiger partial charge is 0.496 e. The summed E-state index contributed by atoms with van der Waals surface area (Å²) >= 11 is 0. The third-order valence-corrected chi connectivity index (χ3v) is 9.02. The fourth-order valence-corrected chi connectivity index (χ4v) is 6.22. The first-order valence-electron chi connectivity index (χ1n) is 9.79. The second-order valence-corrected chi connectivity index (χ2v) is 10.6. The van der Waals surface area contributed by atoms with Gasteiger partial charge in [0.15, 0.2) is 0 Å². The Hall–Kier alpha value is -2.57. The second kappa shape index (κ2) is 7.45.